The van der Waals surface area contributed by atoms with Crippen molar-refractivity contribution in [1.29, 1.82) is 0 Å². The van der Waals surface area contributed by atoms with Crippen LogP contribution in [0.4, 0.5) is 14.5 Å². The summed E-state index contributed by atoms with van der Waals surface area (Å²) in [5, 5.41) is 2.50. The highest BCUT2D eigenvalue weighted by Gasteiger charge is 2.13. The summed E-state index contributed by atoms with van der Waals surface area (Å²) in [4.78, 5) is 12.0. The van der Waals surface area contributed by atoms with E-state index in [9.17, 15) is 13.6 Å². The van der Waals surface area contributed by atoms with Crippen molar-refractivity contribution >= 4 is 27.5 Å². The zero-order valence-corrected chi connectivity index (χ0v) is 14.7. The van der Waals surface area contributed by atoms with Crippen LogP contribution in [0, 0.1) is 13.8 Å². The van der Waals surface area contributed by atoms with Gasteiger partial charge in [0.15, 0.2) is 6.61 Å². The van der Waals surface area contributed by atoms with Crippen molar-refractivity contribution < 1.29 is 23.0 Å². The second-order valence-electron chi connectivity index (χ2n) is 5.10. The van der Waals surface area contributed by atoms with Crippen molar-refractivity contribution in [2.75, 3.05) is 11.9 Å². The molecular weight excluding hydrogens is 384 g/mol. The fraction of sp³-hybridized carbons (Fsp3) is 0.235. The van der Waals surface area contributed by atoms with Crippen LogP contribution in [0.15, 0.2) is 40.9 Å². The summed E-state index contributed by atoms with van der Waals surface area (Å²) in [6, 6.07) is 9.79. The quantitative estimate of drug-likeness (QED) is 0.766. The van der Waals surface area contributed by atoms with Crippen LogP contribution < -0.4 is 14.8 Å². The van der Waals surface area contributed by atoms with Gasteiger partial charge in [-0.1, -0.05) is 18.2 Å². The highest BCUT2D eigenvalue weighted by Crippen LogP contribution is 2.30. The lowest BCUT2D eigenvalue weighted by Gasteiger charge is -2.14. The van der Waals surface area contributed by atoms with Gasteiger partial charge in [-0.25, -0.2) is 0 Å². The Morgan fingerprint density at radius 3 is 2.62 bits per heavy atom. The van der Waals surface area contributed by atoms with E-state index in [1.54, 1.807) is 6.07 Å². The topological polar surface area (TPSA) is 47.6 Å². The molecule has 24 heavy (non-hydrogen) atoms. The van der Waals surface area contributed by atoms with Crippen LogP contribution in [0.5, 0.6) is 11.5 Å². The summed E-state index contributed by atoms with van der Waals surface area (Å²) in [6.45, 7) is 0.599. The lowest BCUT2D eigenvalue weighted by molar-refractivity contribution is -0.118. The zero-order valence-electron chi connectivity index (χ0n) is 13.1. The Balaban J connectivity index is 2.02. The Bertz CT molecular complexity index is 715. The number of nitrogens with one attached hydrogen (secondary N) is 1. The maximum atomic E-state index is 12.4. The second-order valence-corrected chi connectivity index (χ2v) is 5.96. The first-order chi connectivity index (χ1) is 11.4. The molecule has 2 rings (SSSR count). The first kappa shape index (κ1) is 18.2. The molecule has 0 saturated carbocycles. The summed E-state index contributed by atoms with van der Waals surface area (Å²) in [7, 11) is 0. The molecule has 0 aliphatic carbocycles. The van der Waals surface area contributed by atoms with E-state index in [0.29, 0.717) is 5.75 Å². The van der Waals surface area contributed by atoms with Gasteiger partial charge in [0.2, 0.25) is 0 Å². The van der Waals surface area contributed by atoms with E-state index in [-0.39, 0.29) is 18.0 Å². The molecule has 128 valence electrons. The number of para-hydroxylation sites is 2. The molecular formula is C17H16BrF2NO3. The average molecular weight is 400 g/mol. The molecule has 0 unspecified atom stereocenters. The van der Waals surface area contributed by atoms with Crippen molar-refractivity contribution in [3.8, 4) is 11.5 Å². The van der Waals surface area contributed by atoms with Gasteiger partial charge in [-0.2, -0.15) is 8.78 Å². The van der Waals surface area contributed by atoms with Crippen LogP contribution in [0.2, 0.25) is 0 Å². The van der Waals surface area contributed by atoms with Gasteiger partial charge in [0.25, 0.3) is 5.91 Å². The van der Waals surface area contributed by atoms with Crippen molar-refractivity contribution in [3.05, 3.63) is 52.0 Å². The number of ether oxygens (including phenoxy) is 2. The highest BCUT2D eigenvalue weighted by atomic mass is 79.9. The summed E-state index contributed by atoms with van der Waals surface area (Å²) >= 11 is 3.39. The van der Waals surface area contributed by atoms with Crippen LogP contribution in [0.1, 0.15) is 11.1 Å². The Hall–Kier alpha value is -2.15. The fourth-order valence-electron chi connectivity index (χ4n) is 2.18. The standard InChI is InChI=1S/C17H16BrF2NO3/c1-10-7-11(2)16(12(18)8-10)23-9-15(22)21-13-5-3-4-6-14(13)24-17(19)20/h3-8,17H,9H2,1-2H3,(H,21,22). The monoisotopic (exact) mass is 399 g/mol. The van der Waals surface area contributed by atoms with Crippen LogP contribution in [-0.4, -0.2) is 19.1 Å². The molecule has 1 N–H and O–H groups in total. The van der Waals surface area contributed by atoms with Gasteiger partial charge < -0.3 is 14.8 Å². The summed E-state index contributed by atoms with van der Waals surface area (Å²) in [5.41, 5.74) is 2.11. The van der Waals surface area contributed by atoms with Gasteiger partial charge in [0.1, 0.15) is 11.5 Å². The lowest BCUT2D eigenvalue weighted by atomic mass is 10.1. The van der Waals surface area contributed by atoms with Crippen LogP contribution in [0.3, 0.4) is 0 Å². The molecule has 0 spiro atoms. The fourth-order valence-corrected chi connectivity index (χ4v) is 2.97. The summed E-state index contributed by atoms with van der Waals surface area (Å²) in [6.07, 6.45) is 0. The van der Waals surface area contributed by atoms with Gasteiger partial charge in [-0.05, 0) is 59.1 Å². The predicted octanol–water partition coefficient (Wildman–Crippen LogP) is 4.68. The molecule has 0 saturated heterocycles. The van der Waals surface area contributed by atoms with Gasteiger partial charge >= 0.3 is 6.61 Å². The molecule has 2 aromatic carbocycles. The number of anilines is 1. The van der Waals surface area contributed by atoms with Gasteiger partial charge in [-0.15, -0.1) is 0 Å². The molecule has 0 radical (unpaired) electrons. The molecule has 0 atom stereocenters. The number of carbonyl (C=O) groups excluding carboxylic acids is 1. The number of carbonyl (C=O) groups is 1. The smallest absolute Gasteiger partial charge is 0.387 e. The maximum Gasteiger partial charge on any atom is 0.387 e. The molecule has 0 aliphatic rings. The third kappa shape index (κ3) is 4.92. The molecule has 1 amide bonds. The maximum absolute atomic E-state index is 12.4. The first-order valence-corrected chi connectivity index (χ1v) is 7.89. The number of aryl methyl sites for hydroxylation is 2. The summed E-state index contributed by atoms with van der Waals surface area (Å²) < 4.78 is 35.4. The third-order valence-corrected chi connectivity index (χ3v) is 3.69. The van der Waals surface area contributed by atoms with E-state index in [4.69, 9.17) is 4.74 Å². The van der Waals surface area contributed by atoms with Gasteiger partial charge in [0.05, 0.1) is 10.2 Å². The van der Waals surface area contributed by atoms with Crippen molar-refractivity contribution in [2.24, 2.45) is 0 Å². The largest absolute Gasteiger partial charge is 0.482 e. The lowest BCUT2D eigenvalue weighted by Crippen LogP contribution is -2.21. The summed E-state index contributed by atoms with van der Waals surface area (Å²) in [5.74, 6) is -0.0198. The Labute approximate surface area is 146 Å². The van der Waals surface area contributed by atoms with E-state index in [0.717, 1.165) is 15.6 Å². The Morgan fingerprint density at radius 2 is 1.96 bits per heavy atom. The molecule has 2 aromatic rings. The molecule has 7 heteroatoms. The number of alkyl halides is 2. The predicted molar refractivity (Wildman–Crippen MR) is 90.8 cm³/mol. The molecule has 0 aromatic heterocycles. The number of hydrogen-bond acceptors (Lipinski definition) is 3. The number of benzene rings is 2. The van der Waals surface area contributed by atoms with Crippen LogP contribution >= 0.6 is 15.9 Å². The van der Waals surface area contributed by atoms with Crippen LogP contribution in [0.25, 0.3) is 0 Å². The average Bonchev–Trinajstić information content (AvgIpc) is 2.47. The normalized spacial score (nSPS) is 10.6. The molecule has 0 heterocycles. The SMILES string of the molecule is Cc1cc(C)c(OCC(=O)Nc2ccccc2OC(F)F)c(Br)c1. The zero-order chi connectivity index (χ0) is 17.7. The molecule has 0 fully saturated rings. The van der Waals surface area contributed by atoms with Gasteiger partial charge in [0, 0.05) is 0 Å². The number of amides is 1. The third-order valence-electron chi connectivity index (χ3n) is 3.10. The van der Waals surface area contributed by atoms with E-state index in [1.165, 1.54) is 18.2 Å². The first-order valence-electron chi connectivity index (χ1n) is 7.10. The Morgan fingerprint density at radius 1 is 1.25 bits per heavy atom. The number of hydrogen-bond donors (Lipinski definition) is 1. The van der Waals surface area contributed by atoms with Crippen molar-refractivity contribution in [3.63, 3.8) is 0 Å². The van der Waals surface area contributed by atoms with E-state index < -0.39 is 12.5 Å². The number of halogens is 3. The van der Waals surface area contributed by atoms with Crippen LogP contribution in [-0.2, 0) is 4.79 Å². The molecule has 4 nitrogen and oxygen atoms in total. The molecule has 0 aliphatic heterocycles. The molecule has 0 bridgehead atoms. The minimum Gasteiger partial charge on any atom is -0.482 e. The van der Waals surface area contributed by atoms with Crippen molar-refractivity contribution in [2.45, 2.75) is 20.5 Å². The number of rotatable bonds is 6. The van der Waals surface area contributed by atoms with E-state index >= 15 is 0 Å². The Kier molecular flexibility index (Phi) is 6.14. The van der Waals surface area contributed by atoms with Gasteiger partial charge in [-0.3, -0.25) is 4.79 Å². The van der Waals surface area contributed by atoms with E-state index in [1.807, 2.05) is 26.0 Å². The second kappa shape index (κ2) is 8.10. The highest BCUT2D eigenvalue weighted by molar-refractivity contribution is 9.10. The minimum absolute atomic E-state index is 0.103. The van der Waals surface area contributed by atoms with Crippen molar-refractivity contribution in [1.82, 2.24) is 0 Å². The minimum atomic E-state index is -2.97. The van der Waals surface area contributed by atoms with E-state index in [2.05, 4.69) is 26.0 Å².